The molecule has 1 saturated carbocycles. The number of aromatic hydroxyl groups is 1. The number of phenolic OH excluding ortho intramolecular Hbond substituents is 1. The van der Waals surface area contributed by atoms with Crippen LogP contribution < -0.4 is 0 Å². The molecule has 0 bridgehead atoms. The van der Waals surface area contributed by atoms with E-state index in [4.69, 9.17) is 5.11 Å². The minimum absolute atomic E-state index is 0.0468. The van der Waals surface area contributed by atoms with E-state index in [1.54, 1.807) is 30.0 Å². The first-order valence-corrected chi connectivity index (χ1v) is 6.85. The highest BCUT2D eigenvalue weighted by Gasteiger charge is 2.28. The second-order valence-corrected chi connectivity index (χ2v) is 5.13. The summed E-state index contributed by atoms with van der Waals surface area (Å²) < 4.78 is 0. The van der Waals surface area contributed by atoms with E-state index in [1.807, 2.05) is 0 Å². The van der Waals surface area contributed by atoms with E-state index >= 15 is 0 Å². The first-order chi connectivity index (χ1) is 9.15. The summed E-state index contributed by atoms with van der Waals surface area (Å²) in [5.41, 5.74) is 1.03. The third kappa shape index (κ3) is 2.89. The van der Waals surface area contributed by atoms with Gasteiger partial charge >= 0.3 is 0 Å². The Bertz CT molecular complexity index is 453. The van der Waals surface area contributed by atoms with Crippen LogP contribution in [0.25, 0.3) is 0 Å². The highest BCUT2D eigenvalue weighted by Crippen LogP contribution is 2.28. The van der Waals surface area contributed by atoms with Crippen LogP contribution in [-0.2, 0) is 0 Å². The van der Waals surface area contributed by atoms with E-state index in [0.717, 1.165) is 25.7 Å². The fraction of sp³-hybridized carbons (Fsp3) is 0.533. The predicted molar refractivity (Wildman–Crippen MR) is 73.2 cm³/mol. The van der Waals surface area contributed by atoms with Crippen LogP contribution in [0.2, 0.25) is 0 Å². The number of para-hydroxylation sites is 1. The van der Waals surface area contributed by atoms with Crippen molar-refractivity contribution in [2.24, 2.45) is 0 Å². The molecule has 0 spiro atoms. The summed E-state index contributed by atoms with van der Waals surface area (Å²) in [6.07, 6.45) is 4.22. The maximum absolute atomic E-state index is 12.5. The predicted octanol–water partition coefficient (Wildman–Crippen LogP) is 2.08. The molecule has 104 valence electrons. The van der Waals surface area contributed by atoms with Crippen LogP contribution in [0.5, 0.6) is 5.75 Å². The molecule has 1 aromatic rings. The smallest absolute Gasteiger partial charge is 0.257 e. The van der Waals surface area contributed by atoms with Crippen molar-refractivity contribution in [2.75, 3.05) is 13.2 Å². The molecule has 1 aliphatic carbocycles. The van der Waals surface area contributed by atoms with E-state index < -0.39 is 0 Å². The van der Waals surface area contributed by atoms with Crippen molar-refractivity contribution in [3.8, 4) is 5.75 Å². The summed E-state index contributed by atoms with van der Waals surface area (Å²) in [6, 6.07) is 5.38. The first-order valence-electron chi connectivity index (χ1n) is 6.85. The molecule has 0 atom stereocenters. The monoisotopic (exact) mass is 263 g/mol. The molecule has 0 aromatic heterocycles. The van der Waals surface area contributed by atoms with Crippen LogP contribution >= 0.6 is 0 Å². The van der Waals surface area contributed by atoms with E-state index in [1.165, 1.54) is 0 Å². The van der Waals surface area contributed by atoms with E-state index in [2.05, 4.69) is 0 Å². The van der Waals surface area contributed by atoms with Gasteiger partial charge in [0.05, 0.1) is 12.2 Å². The number of benzene rings is 1. The van der Waals surface area contributed by atoms with Gasteiger partial charge < -0.3 is 15.1 Å². The number of aliphatic hydroxyl groups is 1. The number of carbonyl (C=O) groups excluding carboxylic acids is 1. The largest absolute Gasteiger partial charge is 0.507 e. The fourth-order valence-corrected chi connectivity index (χ4v) is 2.76. The lowest BCUT2D eigenvalue weighted by Crippen LogP contribution is -2.40. The quantitative estimate of drug-likeness (QED) is 0.874. The van der Waals surface area contributed by atoms with Crippen molar-refractivity contribution in [1.82, 2.24) is 4.90 Å². The van der Waals surface area contributed by atoms with Gasteiger partial charge in [-0.15, -0.1) is 0 Å². The van der Waals surface area contributed by atoms with Gasteiger partial charge in [0, 0.05) is 12.6 Å². The number of nitrogens with zero attached hydrogens (tertiary/aromatic N) is 1. The Hall–Kier alpha value is -1.55. The maximum atomic E-state index is 12.5. The Morgan fingerprint density at radius 2 is 2.05 bits per heavy atom. The molecule has 0 radical (unpaired) electrons. The molecule has 0 unspecified atom stereocenters. The van der Waals surface area contributed by atoms with Crippen LogP contribution in [0.15, 0.2) is 18.2 Å². The maximum Gasteiger partial charge on any atom is 0.257 e. The number of amides is 1. The summed E-state index contributed by atoms with van der Waals surface area (Å²) in [5, 5.41) is 19.2. The average Bonchev–Trinajstić information content (AvgIpc) is 2.92. The standard InChI is InChI=1S/C15H21NO3/c1-11-5-4-8-13(14(11)18)15(19)16(9-10-17)12-6-2-3-7-12/h4-5,8,12,17-18H,2-3,6-7,9-10H2,1H3. The summed E-state index contributed by atoms with van der Waals surface area (Å²) in [6.45, 7) is 2.06. The Morgan fingerprint density at radius 3 is 2.68 bits per heavy atom. The lowest BCUT2D eigenvalue weighted by Gasteiger charge is -2.28. The van der Waals surface area contributed by atoms with Crippen LogP contribution in [0.1, 0.15) is 41.6 Å². The van der Waals surface area contributed by atoms with Crippen molar-refractivity contribution >= 4 is 5.91 Å². The second-order valence-electron chi connectivity index (χ2n) is 5.13. The van der Waals surface area contributed by atoms with Gasteiger partial charge in [-0.25, -0.2) is 0 Å². The Morgan fingerprint density at radius 1 is 1.37 bits per heavy atom. The lowest BCUT2D eigenvalue weighted by molar-refractivity contribution is 0.0635. The zero-order chi connectivity index (χ0) is 13.8. The summed E-state index contributed by atoms with van der Waals surface area (Å²) in [4.78, 5) is 14.3. The molecule has 4 heteroatoms. The highest BCUT2D eigenvalue weighted by molar-refractivity contribution is 5.97. The molecular formula is C15H21NO3. The Balaban J connectivity index is 2.25. The molecular weight excluding hydrogens is 242 g/mol. The molecule has 0 heterocycles. The number of hydrogen-bond donors (Lipinski definition) is 2. The second kappa shape index (κ2) is 6.06. The van der Waals surface area contributed by atoms with Gasteiger partial charge in [0.15, 0.2) is 0 Å². The fourth-order valence-electron chi connectivity index (χ4n) is 2.76. The molecule has 4 nitrogen and oxygen atoms in total. The number of aryl methyl sites for hydroxylation is 1. The zero-order valence-corrected chi connectivity index (χ0v) is 11.3. The molecule has 1 fully saturated rings. The number of rotatable bonds is 4. The first kappa shape index (κ1) is 13.9. The number of carbonyl (C=O) groups is 1. The third-order valence-electron chi connectivity index (χ3n) is 3.84. The Labute approximate surface area is 113 Å². The Kier molecular flexibility index (Phi) is 4.43. The van der Waals surface area contributed by atoms with Crippen molar-refractivity contribution in [3.63, 3.8) is 0 Å². The minimum Gasteiger partial charge on any atom is -0.507 e. The SMILES string of the molecule is Cc1cccc(C(=O)N(CCO)C2CCCC2)c1O. The minimum atomic E-state index is -0.179. The third-order valence-corrected chi connectivity index (χ3v) is 3.84. The van der Waals surface area contributed by atoms with Crippen LogP contribution in [0.3, 0.4) is 0 Å². The van der Waals surface area contributed by atoms with Crippen LogP contribution in [0.4, 0.5) is 0 Å². The van der Waals surface area contributed by atoms with Crippen molar-refractivity contribution in [3.05, 3.63) is 29.3 Å². The number of phenols is 1. The van der Waals surface area contributed by atoms with E-state index in [0.29, 0.717) is 17.7 Å². The summed E-state index contributed by atoms with van der Waals surface area (Å²) >= 11 is 0. The van der Waals surface area contributed by atoms with Crippen LogP contribution in [-0.4, -0.2) is 40.2 Å². The van der Waals surface area contributed by atoms with E-state index in [-0.39, 0.29) is 24.3 Å². The van der Waals surface area contributed by atoms with E-state index in [9.17, 15) is 9.90 Å². The van der Waals surface area contributed by atoms with Gasteiger partial charge in [-0.2, -0.15) is 0 Å². The topological polar surface area (TPSA) is 60.8 Å². The number of hydrogen-bond acceptors (Lipinski definition) is 3. The molecule has 2 rings (SSSR count). The summed E-state index contributed by atoms with van der Waals surface area (Å²) in [7, 11) is 0. The van der Waals surface area contributed by atoms with Crippen molar-refractivity contribution < 1.29 is 15.0 Å². The average molecular weight is 263 g/mol. The van der Waals surface area contributed by atoms with Gasteiger partial charge in [0.1, 0.15) is 5.75 Å². The molecule has 1 aliphatic rings. The van der Waals surface area contributed by atoms with Gasteiger partial charge in [0.2, 0.25) is 0 Å². The summed E-state index contributed by atoms with van der Waals surface area (Å²) in [5.74, 6) is -0.129. The van der Waals surface area contributed by atoms with Gasteiger partial charge in [-0.05, 0) is 31.4 Å². The van der Waals surface area contributed by atoms with Gasteiger partial charge in [-0.3, -0.25) is 4.79 Å². The normalized spacial score (nSPS) is 15.7. The highest BCUT2D eigenvalue weighted by atomic mass is 16.3. The van der Waals surface area contributed by atoms with Gasteiger partial charge in [0.25, 0.3) is 5.91 Å². The zero-order valence-electron chi connectivity index (χ0n) is 11.3. The van der Waals surface area contributed by atoms with Crippen molar-refractivity contribution in [2.45, 2.75) is 38.6 Å². The number of aliphatic hydroxyl groups excluding tert-OH is 1. The molecule has 1 aromatic carbocycles. The molecule has 0 aliphatic heterocycles. The molecule has 2 N–H and O–H groups in total. The molecule has 19 heavy (non-hydrogen) atoms. The van der Waals surface area contributed by atoms with Gasteiger partial charge in [-0.1, -0.05) is 25.0 Å². The molecule has 0 saturated heterocycles. The molecule has 1 amide bonds. The van der Waals surface area contributed by atoms with Crippen molar-refractivity contribution in [1.29, 1.82) is 0 Å². The lowest BCUT2D eigenvalue weighted by atomic mass is 10.1. The van der Waals surface area contributed by atoms with Crippen LogP contribution in [0, 0.1) is 6.92 Å².